The van der Waals surface area contributed by atoms with Crippen LogP contribution in [0.15, 0.2) is 48.7 Å². The first-order chi connectivity index (χ1) is 11.6. The molecule has 3 heterocycles. The maximum absolute atomic E-state index is 12.5. The summed E-state index contributed by atoms with van der Waals surface area (Å²) in [5, 5.41) is 5.97. The molecule has 5 nitrogen and oxygen atoms in total. The highest BCUT2D eigenvalue weighted by Crippen LogP contribution is 2.31. The van der Waals surface area contributed by atoms with E-state index in [4.69, 9.17) is 23.2 Å². The van der Waals surface area contributed by atoms with Crippen molar-refractivity contribution in [1.29, 1.82) is 0 Å². The Bertz CT molecular complexity index is 825. The monoisotopic (exact) mass is 360 g/mol. The van der Waals surface area contributed by atoms with Crippen molar-refractivity contribution in [2.75, 3.05) is 6.54 Å². The minimum absolute atomic E-state index is 0.0571. The number of amides is 1. The molecule has 2 aliphatic heterocycles. The normalized spacial score (nSPS) is 22.8. The fraction of sp³-hybridized carbons (Fsp3) is 0.176. The highest BCUT2D eigenvalue weighted by Gasteiger charge is 2.41. The number of pyridine rings is 1. The van der Waals surface area contributed by atoms with Crippen molar-refractivity contribution in [2.24, 2.45) is 0 Å². The van der Waals surface area contributed by atoms with Crippen LogP contribution < -0.4 is 10.7 Å². The number of benzene rings is 1. The third-order valence-corrected chi connectivity index (χ3v) is 4.99. The van der Waals surface area contributed by atoms with E-state index in [0.717, 1.165) is 17.0 Å². The number of halogens is 2. The Morgan fingerprint density at radius 1 is 1.17 bits per heavy atom. The van der Waals surface area contributed by atoms with E-state index in [1.54, 1.807) is 29.4 Å². The molecule has 122 valence electrons. The number of hydrogen-bond donors (Lipinski definition) is 2. The van der Waals surface area contributed by atoms with Crippen molar-refractivity contribution in [3.8, 4) is 0 Å². The van der Waals surface area contributed by atoms with E-state index in [9.17, 15) is 4.79 Å². The van der Waals surface area contributed by atoms with E-state index >= 15 is 0 Å². The topological polar surface area (TPSA) is 57.3 Å². The molecule has 0 spiro atoms. The highest BCUT2D eigenvalue weighted by molar-refractivity contribution is 6.42. The Hall–Kier alpha value is -2.08. The lowest BCUT2D eigenvalue weighted by molar-refractivity contribution is -0.130. The Kier molecular flexibility index (Phi) is 3.92. The van der Waals surface area contributed by atoms with E-state index in [2.05, 4.69) is 15.7 Å². The SMILES string of the molecule is O=C1C=C(c2ccc(Cl)c(Cl)c2)NC2C(c3ccccn3)CNN12. The van der Waals surface area contributed by atoms with Gasteiger partial charge in [-0.3, -0.25) is 14.8 Å². The summed E-state index contributed by atoms with van der Waals surface area (Å²) in [4.78, 5) is 16.9. The van der Waals surface area contributed by atoms with Gasteiger partial charge in [-0.25, -0.2) is 5.43 Å². The smallest absolute Gasteiger partial charge is 0.264 e. The van der Waals surface area contributed by atoms with Crippen molar-refractivity contribution >= 4 is 34.8 Å². The van der Waals surface area contributed by atoms with Gasteiger partial charge in [-0.2, -0.15) is 0 Å². The van der Waals surface area contributed by atoms with Crippen LogP contribution in [0.4, 0.5) is 0 Å². The average Bonchev–Trinajstić information content (AvgIpc) is 3.02. The van der Waals surface area contributed by atoms with E-state index in [1.165, 1.54) is 0 Å². The first kappa shape index (κ1) is 15.4. The van der Waals surface area contributed by atoms with Gasteiger partial charge in [0.25, 0.3) is 5.91 Å². The molecular weight excluding hydrogens is 347 g/mol. The Labute approximate surface area is 149 Å². The molecular formula is C17H14Cl2N4O. The Balaban J connectivity index is 1.67. The zero-order chi connectivity index (χ0) is 16.7. The molecule has 1 aromatic carbocycles. The van der Waals surface area contributed by atoms with Crippen molar-refractivity contribution in [1.82, 2.24) is 20.7 Å². The lowest BCUT2D eigenvalue weighted by Crippen LogP contribution is -2.52. The molecule has 1 saturated heterocycles. The summed E-state index contributed by atoms with van der Waals surface area (Å²) in [6.45, 7) is 0.642. The minimum atomic E-state index is -0.207. The Morgan fingerprint density at radius 3 is 2.79 bits per heavy atom. The van der Waals surface area contributed by atoms with Crippen LogP contribution >= 0.6 is 23.2 Å². The van der Waals surface area contributed by atoms with Gasteiger partial charge in [-0.15, -0.1) is 0 Å². The van der Waals surface area contributed by atoms with Gasteiger partial charge in [0.05, 0.1) is 16.0 Å². The third-order valence-electron chi connectivity index (χ3n) is 4.25. The number of fused-ring (bicyclic) bond motifs is 1. The fourth-order valence-electron chi connectivity index (χ4n) is 3.05. The van der Waals surface area contributed by atoms with E-state index in [0.29, 0.717) is 16.6 Å². The number of nitrogens with one attached hydrogen (secondary N) is 2. The molecule has 2 aliphatic rings. The van der Waals surface area contributed by atoms with E-state index in [-0.39, 0.29) is 18.0 Å². The summed E-state index contributed by atoms with van der Waals surface area (Å²) in [6, 6.07) is 11.1. The van der Waals surface area contributed by atoms with Crippen molar-refractivity contribution in [2.45, 2.75) is 12.1 Å². The zero-order valence-corrected chi connectivity index (χ0v) is 14.1. The fourth-order valence-corrected chi connectivity index (χ4v) is 3.35. The van der Waals surface area contributed by atoms with Crippen LogP contribution in [0.25, 0.3) is 5.70 Å². The number of hydrazine groups is 1. The van der Waals surface area contributed by atoms with Gasteiger partial charge < -0.3 is 5.32 Å². The minimum Gasteiger partial charge on any atom is -0.363 e. The lowest BCUT2D eigenvalue weighted by Gasteiger charge is -2.33. The number of rotatable bonds is 2. The summed E-state index contributed by atoms with van der Waals surface area (Å²) < 4.78 is 0. The van der Waals surface area contributed by atoms with Crippen LogP contribution in [0.5, 0.6) is 0 Å². The highest BCUT2D eigenvalue weighted by atomic mass is 35.5. The van der Waals surface area contributed by atoms with E-state index in [1.807, 2.05) is 24.3 Å². The first-order valence-electron chi connectivity index (χ1n) is 7.55. The van der Waals surface area contributed by atoms with Crippen LogP contribution in [0.1, 0.15) is 17.2 Å². The summed E-state index contributed by atoms with van der Waals surface area (Å²) in [6.07, 6.45) is 3.12. The quantitative estimate of drug-likeness (QED) is 0.864. The van der Waals surface area contributed by atoms with Gasteiger partial charge in [0.2, 0.25) is 0 Å². The van der Waals surface area contributed by atoms with Gasteiger partial charge in [0, 0.05) is 30.2 Å². The molecule has 24 heavy (non-hydrogen) atoms. The molecule has 2 N–H and O–H groups in total. The van der Waals surface area contributed by atoms with Crippen molar-refractivity contribution in [3.05, 3.63) is 70.0 Å². The molecule has 0 aliphatic carbocycles. The van der Waals surface area contributed by atoms with Gasteiger partial charge in [-0.1, -0.05) is 35.3 Å². The predicted molar refractivity (Wildman–Crippen MR) is 93.2 cm³/mol. The summed E-state index contributed by atoms with van der Waals surface area (Å²) >= 11 is 12.1. The molecule has 2 atom stereocenters. The molecule has 1 aromatic heterocycles. The molecule has 1 amide bonds. The maximum atomic E-state index is 12.5. The zero-order valence-electron chi connectivity index (χ0n) is 12.5. The van der Waals surface area contributed by atoms with Crippen LogP contribution in [0.2, 0.25) is 10.0 Å². The second kappa shape index (κ2) is 6.09. The lowest BCUT2D eigenvalue weighted by atomic mass is 10.00. The van der Waals surface area contributed by atoms with Gasteiger partial charge in [0.15, 0.2) is 0 Å². The number of aromatic nitrogens is 1. The molecule has 2 aromatic rings. The van der Waals surface area contributed by atoms with E-state index < -0.39 is 0 Å². The first-order valence-corrected chi connectivity index (χ1v) is 8.30. The van der Waals surface area contributed by atoms with Crippen LogP contribution in [0, 0.1) is 0 Å². The number of carbonyl (C=O) groups is 1. The summed E-state index contributed by atoms with van der Waals surface area (Å²) in [5.41, 5.74) is 5.63. The Morgan fingerprint density at radius 2 is 2.04 bits per heavy atom. The van der Waals surface area contributed by atoms with Gasteiger partial charge in [0.1, 0.15) is 6.17 Å². The van der Waals surface area contributed by atoms with Crippen molar-refractivity contribution < 1.29 is 4.79 Å². The second-order valence-corrected chi connectivity index (χ2v) is 6.52. The molecule has 0 bridgehead atoms. The largest absolute Gasteiger partial charge is 0.363 e. The standard InChI is InChI=1S/C17H14Cl2N4O/c18-12-5-4-10(7-13(12)19)15-8-16(24)23-17(22-15)11(9-21-23)14-3-1-2-6-20-14/h1-8,11,17,21-22H,9H2. The molecule has 7 heteroatoms. The third kappa shape index (κ3) is 2.65. The van der Waals surface area contributed by atoms with Gasteiger partial charge in [-0.05, 0) is 29.8 Å². The van der Waals surface area contributed by atoms with Crippen molar-refractivity contribution in [3.63, 3.8) is 0 Å². The maximum Gasteiger partial charge on any atom is 0.264 e. The average molecular weight is 361 g/mol. The molecule has 4 rings (SSSR count). The van der Waals surface area contributed by atoms with Crippen LogP contribution in [-0.4, -0.2) is 28.6 Å². The number of nitrogens with zero attached hydrogens (tertiary/aromatic N) is 2. The molecule has 2 unspecified atom stereocenters. The summed E-state index contributed by atoms with van der Waals surface area (Å²) in [5.74, 6) is -0.0418. The molecule has 0 radical (unpaired) electrons. The number of hydrogen-bond acceptors (Lipinski definition) is 4. The predicted octanol–water partition coefficient (Wildman–Crippen LogP) is 2.79. The summed E-state index contributed by atoms with van der Waals surface area (Å²) in [7, 11) is 0. The molecule has 1 fully saturated rings. The van der Waals surface area contributed by atoms with Crippen LogP contribution in [-0.2, 0) is 4.79 Å². The number of carbonyl (C=O) groups excluding carboxylic acids is 1. The van der Waals surface area contributed by atoms with Gasteiger partial charge >= 0.3 is 0 Å². The molecule has 0 saturated carbocycles. The second-order valence-electron chi connectivity index (χ2n) is 5.71. The van der Waals surface area contributed by atoms with Crippen LogP contribution in [0.3, 0.4) is 0 Å².